The smallest absolute Gasteiger partial charge is 0.194 e. The van der Waals surface area contributed by atoms with E-state index in [2.05, 4.69) is 57.4 Å². The summed E-state index contributed by atoms with van der Waals surface area (Å²) in [6.45, 7) is 7.88. The van der Waals surface area contributed by atoms with Gasteiger partial charge in [-0.15, -0.1) is 24.0 Å². The maximum absolute atomic E-state index is 9.05. The molecule has 2 atom stereocenters. The summed E-state index contributed by atoms with van der Waals surface area (Å²) in [7, 11) is 0. The first-order chi connectivity index (χ1) is 11.8. The third-order valence-corrected chi connectivity index (χ3v) is 4.64. The highest BCUT2D eigenvalue weighted by atomic mass is 127. The van der Waals surface area contributed by atoms with Crippen LogP contribution in [0.1, 0.15) is 12.5 Å². The van der Waals surface area contributed by atoms with Gasteiger partial charge in [-0.1, -0.05) is 30.3 Å². The van der Waals surface area contributed by atoms with Crippen LogP contribution in [0, 0.1) is 0 Å². The molecule has 0 aromatic heterocycles. The number of hydrogen-bond acceptors (Lipinski definition) is 4. The number of guanidine groups is 1. The fourth-order valence-corrected chi connectivity index (χ4v) is 3.53. The Bertz CT molecular complexity index is 543. The van der Waals surface area contributed by atoms with Crippen LogP contribution < -0.4 is 5.32 Å². The van der Waals surface area contributed by atoms with Crippen molar-refractivity contribution in [2.24, 2.45) is 4.99 Å². The van der Waals surface area contributed by atoms with Crippen LogP contribution in [-0.2, 0) is 11.3 Å². The van der Waals surface area contributed by atoms with Crippen LogP contribution in [0.4, 0.5) is 0 Å². The van der Waals surface area contributed by atoms with E-state index in [0.717, 1.165) is 45.3 Å². The molecule has 2 aliphatic rings. The largest absolute Gasteiger partial charge is 0.394 e. The number of hydrogen-bond donors (Lipinski definition) is 2. The number of morpholine rings is 1. The van der Waals surface area contributed by atoms with Crippen molar-refractivity contribution in [2.75, 3.05) is 45.9 Å². The first-order valence-electron chi connectivity index (χ1n) is 8.85. The quantitative estimate of drug-likeness (QED) is 0.392. The maximum atomic E-state index is 9.05. The fraction of sp³-hybridized carbons (Fsp3) is 0.611. The molecule has 2 heterocycles. The Hall–Kier alpha value is -0.900. The Morgan fingerprint density at radius 3 is 2.84 bits per heavy atom. The lowest BCUT2D eigenvalue weighted by atomic mass is 10.1. The zero-order chi connectivity index (χ0) is 16.8. The third kappa shape index (κ3) is 5.29. The Morgan fingerprint density at radius 1 is 1.32 bits per heavy atom. The van der Waals surface area contributed by atoms with Crippen LogP contribution in [0.5, 0.6) is 0 Å². The van der Waals surface area contributed by atoms with Gasteiger partial charge in [0.25, 0.3) is 0 Å². The minimum absolute atomic E-state index is 0. The summed E-state index contributed by atoms with van der Waals surface area (Å²) in [5, 5.41) is 12.4. The minimum Gasteiger partial charge on any atom is -0.394 e. The molecule has 1 aromatic carbocycles. The normalized spacial score (nSPS) is 23.9. The summed E-state index contributed by atoms with van der Waals surface area (Å²) < 4.78 is 6.02. The Kier molecular flexibility index (Phi) is 8.41. The zero-order valence-corrected chi connectivity index (χ0v) is 17.1. The maximum Gasteiger partial charge on any atom is 0.194 e. The van der Waals surface area contributed by atoms with Crippen LogP contribution in [0.3, 0.4) is 0 Å². The van der Waals surface area contributed by atoms with Crippen molar-refractivity contribution in [3.05, 3.63) is 35.9 Å². The van der Waals surface area contributed by atoms with E-state index in [1.54, 1.807) is 0 Å². The fourth-order valence-electron chi connectivity index (χ4n) is 3.53. The highest BCUT2D eigenvalue weighted by Gasteiger charge is 2.41. The van der Waals surface area contributed by atoms with Crippen LogP contribution in [-0.4, -0.2) is 78.9 Å². The van der Waals surface area contributed by atoms with Gasteiger partial charge in [0.1, 0.15) is 0 Å². The van der Waals surface area contributed by atoms with Gasteiger partial charge in [0, 0.05) is 32.7 Å². The molecule has 2 N–H and O–H groups in total. The van der Waals surface area contributed by atoms with Crippen molar-refractivity contribution in [1.82, 2.24) is 15.1 Å². The number of halogens is 1. The van der Waals surface area contributed by atoms with E-state index < -0.39 is 0 Å². The van der Waals surface area contributed by atoms with E-state index in [1.165, 1.54) is 5.56 Å². The molecule has 0 aliphatic carbocycles. The summed E-state index contributed by atoms with van der Waals surface area (Å²) in [5.41, 5.74) is 1.34. The van der Waals surface area contributed by atoms with Crippen molar-refractivity contribution < 1.29 is 9.84 Å². The second-order valence-electron chi connectivity index (χ2n) is 6.30. The lowest BCUT2D eigenvalue weighted by molar-refractivity contribution is -0.0502. The molecular weight excluding hydrogens is 431 g/mol. The van der Waals surface area contributed by atoms with E-state index in [1.807, 2.05) is 0 Å². The number of likely N-dealkylation sites (tertiary alicyclic amines) is 1. The van der Waals surface area contributed by atoms with Gasteiger partial charge < -0.3 is 20.1 Å². The van der Waals surface area contributed by atoms with Gasteiger partial charge in [-0.05, 0) is 12.5 Å². The summed E-state index contributed by atoms with van der Waals surface area (Å²) in [6, 6.07) is 11.0. The van der Waals surface area contributed by atoms with Crippen LogP contribution >= 0.6 is 24.0 Å². The highest BCUT2D eigenvalue weighted by Crippen LogP contribution is 2.24. The number of aliphatic hydroxyl groups excluding tert-OH is 1. The van der Waals surface area contributed by atoms with Gasteiger partial charge in [-0.25, -0.2) is 0 Å². The van der Waals surface area contributed by atoms with Crippen molar-refractivity contribution in [2.45, 2.75) is 25.6 Å². The van der Waals surface area contributed by atoms with Crippen LogP contribution in [0.15, 0.2) is 35.3 Å². The van der Waals surface area contributed by atoms with E-state index in [9.17, 15) is 0 Å². The molecular formula is C18H29IN4O2. The Morgan fingerprint density at radius 2 is 2.12 bits per heavy atom. The molecule has 25 heavy (non-hydrogen) atoms. The molecule has 0 radical (unpaired) electrons. The number of benzene rings is 1. The number of nitrogens with zero attached hydrogens (tertiary/aromatic N) is 3. The van der Waals surface area contributed by atoms with E-state index in [-0.39, 0.29) is 36.7 Å². The van der Waals surface area contributed by atoms with Gasteiger partial charge >= 0.3 is 0 Å². The molecule has 1 aromatic rings. The highest BCUT2D eigenvalue weighted by molar-refractivity contribution is 14.0. The van der Waals surface area contributed by atoms with Crippen molar-refractivity contribution in [3.8, 4) is 0 Å². The molecule has 2 unspecified atom stereocenters. The molecule has 0 amide bonds. The second-order valence-corrected chi connectivity index (χ2v) is 6.30. The lowest BCUT2D eigenvalue weighted by Gasteiger charge is -2.36. The van der Waals surface area contributed by atoms with E-state index in [0.29, 0.717) is 12.6 Å². The predicted molar refractivity (Wildman–Crippen MR) is 110 cm³/mol. The van der Waals surface area contributed by atoms with Crippen LogP contribution in [0.2, 0.25) is 0 Å². The van der Waals surface area contributed by atoms with Gasteiger partial charge in [0.05, 0.1) is 31.9 Å². The predicted octanol–water partition coefficient (Wildman–Crippen LogP) is 1.15. The van der Waals surface area contributed by atoms with Gasteiger partial charge in [-0.2, -0.15) is 0 Å². The molecule has 140 valence electrons. The number of aliphatic imine (C=N–C) groups is 1. The Labute approximate surface area is 167 Å². The molecule has 6 nitrogen and oxygen atoms in total. The number of fused-ring (bicyclic) bond motifs is 1. The molecule has 0 spiro atoms. The topological polar surface area (TPSA) is 60.3 Å². The van der Waals surface area contributed by atoms with Crippen LogP contribution in [0.25, 0.3) is 0 Å². The zero-order valence-electron chi connectivity index (χ0n) is 14.8. The summed E-state index contributed by atoms with van der Waals surface area (Å²) >= 11 is 0. The number of ether oxygens (including phenoxy) is 1. The van der Waals surface area contributed by atoms with Gasteiger partial charge in [0.2, 0.25) is 0 Å². The molecule has 2 aliphatic heterocycles. The monoisotopic (exact) mass is 460 g/mol. The minimum atomic E-state index is 0. The molecule has 7 heteroatoms. The molecule has 0 saturated carbocycles. The number of nitrogens with one attached hydrogen (secondary N) is 1. The first-order valence-corrected chi connectivity index (χ1v) is 8.85. The second kappa shape index (κ2) is 10.3. The number of aliphatic hydroxyl groups is 1. The van der Waals surface area contributed by atoms with E-state index >= 15 is 0 Å². The molecule has 2 fully saturated rings. The summed E-state index contributed by atoms with van der Waals surface area (Å²) in [6.07, 6.45) is 0.223. The average Bonchev–Trinajstić information content (AvgIpc) is 3.05. The average molecular weight is 460 g/mol. The van der Waals surface area contributed by atoms with Gasteiger partial charge in [-0.3, -0.25) is 9.89 Å². The molecule has 3 rings (SSSR count). The Balaban J connectivity index is 0.00000225. The SMILES string of the molecule is CCNC(=NCCO)N1CC2OCCN(Cc3ccccc3)C2C1.I. The molecule has 0 bridgehead atoms. The van der Waals surface area contributed by atoms with Crippen molar-refractivity contribution in [1.29, 1.82) is 0 Å². The van der Waals surface area contributed by atoms with E-state index in [4.69, 9.17) is 9.84 Å². The lowest BCUT2D eigenvalue weighted by Crippen LogP contribution is -2.50. The van der Waals surface area contributed by atoms with Crippen molar-refractivity contribution in [3.63, 3.8) is 0 Å². The summed E-state index contributed by atoms with van der Waals surface area (Å²) in [4.78, 5) is 9.28. The summed E-state index contributed by atoms with van der Waals surface area (Å²) in [5.74, 6) is 0.879. The number of rotatable bonds is 5. The third-order valence-electron chi connectivity index (χ3n) is 4.64. The van der Waals surface area contributed by atoms with Gasteiger partial charge in [0.15, 0.2) is 5.96 Å². The van der Waals surface area contributed by atoms with Crippen molar-refractivity contribution >= 4 is 29.9 Å². The standard InChI is InChI=1S/C18H28N4O2.HI/c1-2-19-18(20-8-10-23)22-13-16-17(14-22)24-11-9-21(16)12-15-6-4-3-5-7-15;/h3-7,16-17,23H,2,8-14H2,1H3,(H,19,20);1H. The molecule has 2 saturated heterocycles. The first kappa shape index (κ1) is 20.4.